The molecule has 0 saturated carbocycles. The molecule has 0 aliphatic rings. The molecule has 2 heterocycles. The lowest BCUT2D eigenvalue weighted by Gasteiger charge is -2.05. The number of oxazole rings is 1. The summed E-state index contributed by atoms with van der Waals surface area (Å²) in [6.07, 6.45) is 8.89. The molecule has 0 aliphatic carbocycles. The van der Waals surface area contributed by atoms with Gasteiger partial charge in [0, 0.05) is 43.9 Å². The molecule has 6 heteroatoms. The highest BCUT2D eigenvalue weighted by molar-refractivity contribution is 5.76. The third-order valence-electron chi connectivity index (χ3n) is 3.93. The third-order valence-corrected chi connectivity index (χ3v) is 3.93. The van der Waals surface area contributed by atoms with Gasteiger partial charge in [-0.15, -0.1) is 0 Å². The summed E-state index contributed by atoms with van der Waals surface area (Å²) in [4.78, 5) is 20.1. The van der Waals surface area contributed by atoms with Gasteiger partial charge in [-0.3, -0.25) is 4.79 Å². The molecule has 2 aromatic heterocycles. The molecular weight excluding hydrogens is 316 g/mol. The van der Waals surface area contributed by atoms with Gasteiger partial charge >= 0.3 is 0 Å². The van der Waals surface area contributed by atoms with Gasteiger partial charge in [0.25, 0.3) is 0 Å². The van der Waals surface area contributed by atoms with Crippen molar-refractivity contribution in [2.24, 2.45) is 0 Å². The number of carbonyl (C=O) groups excluding carboxylic acids is 1. The largest absolute Gasteiger partial charge is 0.441 e. The lowest BCUT2D eigenvalue weighted by Crippen LogP contribution is -2.25. The van der Waals surface area contributed by atoms with Crippen LogP contribution in [0.1, 0.15) is 24.3 Å². The number of benzene rings is 1. The van der Waals surface area contributed by atoms with Crippen molar-refractivity contribution in [2.75, 3.05) is 6.54 Å². The van der Waals surface area contributed by atoms with Crippen LogP contribution >= 0.6 is 0 Å². The van der Waals surface area contributed by atoms with E-state index in [-0.39, 0.29) is 5.91 Å². The lowest BCUT2D eigenvalue weighted by molar-refractivity contribution is -0.121. The molecule has 3 rings (SSSR count). The van der Waals surface area contributed by atoms with Gasteiger partial charge in [0.1, 0.15) is 0 Å². The van der Waals surface area contributed by atoms with Gasteiger partial charge in [-0.1, -0.05) is 29.8 Å². The first-order chi connectivity index (χ1) is 12.2. The Kier molecular flexibility index (Phi) is 5.61. The Morgan fingerprint density at radius 1 is 1.28 bits per heavy atom. The fourth-order valence-corrected chi connectivity index (χ4v) is 2.49. The molecule has 0 radical (unpaired) electrons. The molecule has 0 bridgehead atoms. The molecule has 1 aromatic carbocycles. The zero-order valence-corrected chi connectivity index (χ0v) is 14.3. The highest BCUT2D eigenvalue weighted by Gasteiger charge is 2.08. The van der Waals surface area contributed by atoms with E-state index in [1.54, 1.807) is 18.7 Å². The predicted molar refractivity (Wildman–Crippen MR) is 94.9 cm³/mol. The molecule has 1 amide bonds. The summed E-state index contributed by atoms with van der Waals surface area (Å²) in [5, 5.41) is 2.92. The van der Waals surface area contributed by atoms with Crippen molar-refractivity contribution in [3.05, 3.63) is 60.6 Å². The quantitative estimate of drug-likeness (QED) is 0.641. The van der Waals surface area contributed by atoms with Crippen LogP contribution in [0, 0.1) is 6.92 Å². The molecule has 130 valence electrons. The summed E-state index contributed by atoms with van der Waals surface area (Å²) in [7, 11) is 0. The molecule has 0 atom stereocenters. The Bertz CT molecular complexity index is 791. The van der Waals surface area contributed by atoms with Crippen molar-refractivity contribution in [2.45, 2.75) is 32.7 Å². The molecule has 25 heavy (non-hydrogen) atoms. The third kappa shape index (κ3) is 5.04. The normalized spacial score (nSPS) is 10.8. The van der Waals surface area contributed by atoms with E-state index < -0.39 is 0 Å². The minimum atomic E-state index is 0.0146. The summed E-state index contributed by atoms with van der Waals surface area (Å²) in [5.41, 5.74) is 2.20. The maximum Gasteiger partial charge on any atom is 0.220 e. The van der Waals surface area contributed by atoms with E-state index in [4.69, 9.17) is 4.42 Å². The fourth-order valence-electron chi connectivity index (χ4n) is 2.49. The second-order valence-corrected chi connectivity index (χ2v) is 5.99. The molecular formula is C19H22N4O2. The zero-order valence-electron chi connectivity index (χ0n) is 14.3. The standard InChI is InChI=1S/C19H22N4O2/c1-15-3-5-16(6-4-15)17-13-22-19(25-17)8-7-18(24)21-9-2-11-23-12-10-20-14-23/h3-6,10,12-14H,2,7-9,11H2,1H3,(H,21,24). The summed E-state index contributed by atoms with van der Waals surface area (Å²) in [6, 6.07) is 8.09. The van der Waals surface area contributed by atoms with Crippen LogP contribution < -0.4 is 5.32 Å². The number of nitrogens with zero attached hydrogens (tertiary/aromatic N) is 3. The van der Waals surface area contributed by atoms with E-state index in [0.717, 1.165) is 24.3 Å². The number of carbonyl (C=O) groups is 1. The van der Waals surface area contributed by atoms with Gasteiger partial charge in [0.2, 0.25) is 5.91 Å². The summed E-state index contributed by atoms with van der Waals surface area (Å²) in [6.45, 7) is 3.54. The van der Waals surface area contributed by atoms with Gasteiger partial charge in [-0.05, 0) is 13.3 Å². The summed E-state index contributed by atoms with van der Waals surface area (Å²) >= 11 is 0. The van der Waals surface area contributed by atoms with E-state index in [2.05, 4.69) is 15.3 Å². The van der Waals surface area contributed by atoms with Gasteiger partial charge < -0.3 is 14.3 Å². The second kappa shape index (κ2) is 8.28. The number of imidazole rings is 1. The highest BCUT2D eigenvalue weighted by Crippen LogP contribution is 2.21. The van der Waals surface area contributed by atoms with Crippen molar-refractivity contribution in [1.82, 2.24) is 19.9 Å². The van der Waals surface area contributed by atoms with Crippen LogP contribution in [0.15, 0.2) is 53.6 Å². The van der Waals surface area contributed by atoms with Crippen molar-refractivity contribution < 1.29 is 9.21 Å². The van der Waals surface area contributed by atoms with Gasteiger partial charge in [-0.2, -0.15) is 0 Å². The second-order valence-electron chi connectivity index (χ2n) is 5.99. The highest BCUT2D eigenvalue weighted by atomic mass is 16.4. The number of rotatable bonds is 8. The Hall–Kier alpha value is -2.89. The zero-order chi connectivity index (χ0) is 17.5. The van der Waals surface area contributed by atoms with E-state index in [1.807, 2.05) is 42.0 Å². The van der Waals surface area contributed by atoms with Gasteiger partial charge in [0.15, 0.2) is 11.7 Å². The summed E-state index contributed by atoms with van der Waals surface area (Å²) in [5.74, 6) is 1.33. The number of amides is 1. The molecule has 0 fully saturated rings. The van der Waals surface area contributed by atoms with Gasteiger partial charge in [0.05, 0.1) is 12.5 Å². The van der Waals surface area contributed by atoms with Crippen LogP contribution in [0.25, 0.3) is 11.3 Å². The van der Waals surface area contributed by atoms with Crippen LogP contribution in [0.4, 0.5) is 0 Å². The van der Waals surface area contributed by atoms with Crippen molar-refractivity contribution in [3.8, 4) is 11.3 Å². The average molecular weight is 338 g/mol. The topological polar surface area (TPSA) is 73.0 Å². The van der Waals surface area contributed by atoms with Crippen molar-refractivity contribution in [1.29, 1.82) is 0 Å². The smallest absolute Gasteiger partial charge is 0.220 e. The first-order valence-electron chi connectivity index (χ1n) is 8.45. The van der Waals surface area contributed by atoms with Crippen LogP contribution in [0.3, 0.4) is 0 Å². The fraction of sp³-hybridized carbons (Fsp3) is 0.316. The number of nitrogens with one attached hydrogen (secondary N) is 1. The van der Waals surface area contributed by atoms with E-state index in [1.165, 1.54) is 5.56 Å². The minimum absolute atomic E-state index is 0.0146. The number of aryl methyl sites for hydroxylation is 3. The van der Waals surface area contributed by atoms with Crippen molar-refractivity contribution in [3.63, 3.8) is 0 Å². The molecule has 0 unspecified atom stereocenters. The van der Waals surface area contributed by atoms with E-state index >= 15 is 0 Å². The maximum atomic E-state index is 11.9. The maximum absolute atomic E-state index is 11.9. The Balaban J connectivity index is 1.39. The lowest BCUT2D eigenvalue weighted by atomic mass is 10.1. The molecule has 0 aliphatic heterocycles. The van der Waals surface area contributed by atoms with Crippen LogP contribution in [0.2, 0.25) is 0 Å². The van der Waals surface area contributed by atoms with Crippen molar-refractivity contribution >= 4 is 5.91 Å². The first kappa shape index (κ1) is 17.0. The molecule has 0 saturated heterocycles. The van der Waals surface area contributed by atoms with Crippen LogP contribution in [-0.2, 0) is 17.8 Å². The number of hydrogen-bond donors (Lipinski definition) is 1. The Morgan fingerprint density at radius 2 is 2.12 bits per heavy atom. The number of hydrogen-bond acceptors (Lipinski definition) is 4. The van der Waals surface area contributed by atoms with E-state index in [9.17, 15) is 4.79 Å². The van der Waals surface area contributed by atoms with Crippen LogP contribution in [-0.4, -0.2) is 27.0 Å². The SMILES string of the molecule is Cc1ccc(-c2cnc(CCC(=O)NCCCn3ccnc3)o2)cc1. The van der Waals surface area contributed by atoms with Gasteiger partial charge in [-0.25, -0.2) is 9.97 Å². The summed E-state index contributed by atoms with van der Waals surface area (Å²) < 4.78 is 7.72. The predicted octanol–water partition coefficient (Wildman–Crippen LogP) is 2.99. The molecule has 3 aromatic rings. The minimum Gasteiger partial charge on any atom is -0.441 e. The molecule has 0 spiro atoms. The van der Waals surface area contributed by atoms with Crippen LogP contribution in [0.5, 0.6) is 0 Å². The molecule has 6 nitrogen and oxygen atoms in total. The Labute approximate surface area is 146 Å². The number of aromatic nitrogens is 3. The monoisotopic (exact) mass is 338 g/mol. The first-order valence-corrected chi connectivity index (χ1v) is 8.45. The Morgan fingerprint density at radius 3 is 2.88 bits per heavy atom. The average Bonchev–Trinajstić information content (AvgIpc) is 3.29. The van der Waals surface area contributed by atoms with E-state index in [0.29, 0.717) is 25.3 Å². The molecule has 1 N–H and O–H groups in total.